The summed E-state index contributed by atoms with van der Waals surface area (Å²) in [6.07, 6.45) is 0. The van der Waals surface area contributed by atoms with Gasteiger partial charge in [0.1, 0.15) is 12.4 Å². The fourth-order valence-electron chi connectivity index (χ4n) is 0.569. The van der Waals surface area contributed by atoms with E-state index in [1.165, 1.54) is 0 Å². The summed E-state index contributed by atoms with van der Waals surface area (Å²) in [6, 6.07) is -0.774. The number of nitrogens with one attached hydrogen (secondary N) is 2. The van der Waals surface area contributed by atoms with E-state index in [4.69, 9.17) is 11.6 Å². The van der Waals surface area contributed by atoms with E-state index in [0.29, 0.717) is 0 Å². The minimum atomic E-state index is -0.774. The molecule has 0 aromatic heterocycles. The van der Waals surface area contributed by atoms with Gasteiger partial charge in [-0.05, 0) is 6.92 Å². The molecule has 0 aromatic rings. The number of imide groups is 1. The van der Waals surface area contributed by atoms with Crippen LogP contribution in [0.1, 0.15) is 6.92 Å². The van der Waals surface area contributed by atoms with Crippen LogP contribution in [0.25, 0.3) is 0 Å². The summed E-state index contributed by atoms with van der Waals surface area (Å²) in [4.78, 5) is 32.1. The first-order valence-corrected chi connectivity index (χ1v) is 4.42. The van der Waals surface area contributed by atoms with Gasteiger partial charge in [-0.3, -0.25) is 14.9 Å². The lowest BCUT2D eigenvalue weighted by Gasteiger charge is -2.04. The number of esters is 1. The Morgan fingerprint density at radius 3 is 2.50 bits per heavy atom. The number of ether oxygens (including phenoxy) is 1. The van der Waals surface area contributed by atoms with Gasteiger partial charge in [-0.25, -0.2) is 4.79 Å². The van der Waals surface area contributed by atoms with E-state index < -0.39 is 17.9 Å². The highest BCUT2D eigenvalue weighted by atomic mass is 35.5. The van der Waals surface area contributed by atoms with Crippen LogP contribution in [0, 0.1) is 0 Å². The number of urea groups is 1. The van der Waals surface area contributed by atoms with Crippen molar-refractivity contribution in [2.24, 2.45) is 0 Å². The van der Waals surface area contributed by atoms with E-state index in [1.54, 1.807) is 6.92 Å². The number of halogens is 1. The molecule has 0 spiro atoms. The normalized spacial score (nSPS) is 9.00. The second-order valence-electron chi connectivity index (χ2n) is 2.17. The minimum absolute atomic E-state index is 0.239. The summed E-state index contributed by atoms with van der Waals surface area (Å²) in [5, 5.41) is 4.03. The first-order valence-electron chi connectivity index (χ1n) is 3.89. The highest BCUT2D eigenvalue weighted by Crippen LogP contribution is 1.77. The molecule has 0 aliphatic carbocycles. The number of hydrogen-bond donors (Lipinski definition) is 2. The van der Waals surface area contributed by atoms with Gasteiger partial charge >= 0.3 is 12.0 Å². The van der Waals surface area contributed by atoms with Crippen molar-refractivity contribution in [3.63, 3.8) is 0 Å². The number of carbonyl (C=O) groups excluding carboxylic acids is 3. The average Bonchev–Trinajstić information content (AvgIpc) is 2.15. The molecule has 0 bridgehead atoms. The Labute approximate surface area is 85.9 Å². The van der Waals surface area contributed by atoms with Crippen LogP contribution < -0.4 is 10.6 Å². The quantitative estimate of drug-likeness (QED) is 0.501. The lowest BCUT2D eigenvalue weighted by atomic mass is 10.6. The van der Waals surface area contributed by atoms with Crippen molar-refractivity contribution in [1.29, 1.82) is 0 Å². The van der Waals surface area contributed by atoms with Gasteiger partial charge in [-0.2, -0.15) is 0 Å². The molecule has 0 rings (SSSR count). The van der Waals surface area contributed by atoms with Crippen LogP contribution in [0.3, 0.4) is 0 Å². The zero-order chi connectivity index (χ0) is 11.0. The Balaban J connectivity index is 3.63. The summed E-state index contributed by atoms with van der Waals surface area (Å²) >= 11 is 5.12. The zero-order valence-corrected chi connectivity index (χ0v) is 8.39. The Kier molecular flexibility index (Phi) is 6.47. The maximum absolute atomic E-state index is 10.8. The largest absolute Gasteiger partial charge is 0.465 e. The van der Waals surface area contributed by atoms with Crippen molar-refractivity contribution in [2.45, 2.75) is 6.92 Å². The first kappa shape index (κ1) is 12.7. The second-order valence-corrected chi connectivity index (χ2v) is 2.44. The van der Waals surface area contributed by atoms with E-state index in [2.05, 4.69) is 10.1 Å². The maximum atomic E-state index is 10.8. The van der Waals surface area contributed by atoms with Gasteiger partial charge in [0.05, 0.1) is 6.61 Å². The third kappa shape index (κ3) is 6.24. The molecule has 6 nitrogen and oxygen atoms in total. The summed E-state index contributed by atoms with van der Waals surface area (Å²) in [6.45, 7) is 1.60. The van der Waals surface area contributed by atoms with E-state index in [1.807, 2.05) is 5.32 Å². The van der Waals surface area contributed by atoms with E-state index in [0.717, 1.165) is 0 Å². The number of hydrogen-bond acceptors (Lipinski definition) is 4. The van der Waals surface area contributed by atoms with Gasteiger partial charge in [0, 0.05) is 0 Å². The van der Waals surface area contributed by atoms with Crippen LogP contribution in [0.4, 0.5) is 4.79 Å². The van der Waals surface area contributed by atoms with Crippen molar-refractivity contribution in [3.8, 4) is 0 Å². The lowest BCUT2D eigenvalue weighted by molar-refractivity contribution is -0.141. The Morgan fingerprint density at radius 1 is 1.36 bits per heavy atom. The van der Waals surface area contributed by atoms with Crippen molar-refractivity contribution in [2.75, 3.05) is 19.0 Å². The van der Waals surface area contributed by atoms with Crippen LogP contribution in [0.5, 0.6) is 0 Å². The standard InChI is InChI=1S/C7H11ClN2O4/c1-2-14-6(12)4-9-7(13)10-5(11)3-8/h2-4H2,1H3,(H2,9,10,11,13). The summed E-state index contributed by atoms with van der Waals surface area (Å²) in [7, 11) is 0. The molecule has 2 N–H and O–H groups in total. The molecule has 14 heavy (non-hydrogen) atoms. The predicted octanol–water partition coefficient (Wildman–Crippen LogP) is -0.386. The SMILES string of the molecule is CCOC(=O)CNC(=O)NC(=O)CCl. The molecular formula is C7H11ClN2O4. The van der Waals surface area contributed by atoms with Crippen LogP contribution >= 0.6 is 11.6 Å². The van der Waals surface area contributed by atoms with Crippen LogP contribution in [0.15, 0.2) is 0 Å². The van der Waals surface area contributed by atoms with Crippen LogP contribution in [0.2, 0.25) is 0 Å². The Hall–Kier alpha value is -1.30. The highest BCUT2D eigenvalue weighted by Gasteiger charge is 2.07. The van der Waals surface area contributed by atoms with Gasteiger partial charge in [-0.1, -0.05) is 0 Å². The van der Waals surface area contributed by atoms with Gasteiger partial charge in [0.2, 0.25) is 5.91 Å². The molecule has 0 unspecified atom stereocenters. The molecule has 3 amide bonds. The van der Waals surface area contributed by atoms with E-state index >= 15 is 0 Å². The molecule has 0 aromatic carbocycles. The molecule has 80 valence electrons. The fourth-order valence-corrected chi connectivity index (χ4v) is 0.636. The topological polar surface area (TPSA) is 84.5 Å². The van der Waals surface area contributed by atoms with Gasteiger partial charge < -0.3 is 10.1 Å². The average molecular weight is 223 g/mol. The predicted molar refractivity (Wildman–Crippen MR) is 48.9 cm³/mol. The first-order chi connectivity index (χ1) is 6.60. The van der Waals surface area contributed by atoms with Crippen molar-refractivity contribution < 1.29 is 19.1 Å². The summed E-state index contributed by atoms with van der Waals surface area (Å²) in [5.41, 5.74) is 0. The highest BCUT2D eigenvalue weighted by molar-refractivity contribution is 6.28. The molecule has 0 aliphatic heterocycles. The van der Waals surface area contributed by atoms with Gasteiger partial charge in [0.15, 0.2) is 0 Å². The number of alkyl halides is 1. The molecule has 0 atom stereocenters. The molecule has 0 saturated heterocycles. The Morgan fingerprint density at radius 2 is 2.00 bits per heavy atom. The van der Waals surface area contributed by atoms with Crippen LogP contribution in [-0.4, -0.2) is 36.9 Å². The molecule has 0 fully saturated rings. The molecular weight excluding hydrogens is 212 g/mol. The van der Waals surface area contributed by atoms with Crippen LogP contribution in [-0.2, 0) is 14.3 Å². The molecule has 0 heterocycles. The molecule has 7 heteroatoms. The number of carbonyl (C=O) groups is 3. The second kappa shape index (κ2) is 7.14. The summed E-state index contributed by atoms with van der Waals surface area (Å²) < 4.78 is 4.53. The Bertz CT molecular complexity index is 232. The lowest BCUT2D eigenvalue weighted by Crippen LogP contribution is -2.42. The molecule has 0 aliphatic rings. The fraction of sp³-hybridized carbons (Fsp3) is 0.571. The van der Waals surface area contributed by atoms with E-state index in [9.17, 15) is 14.4 Å². The van der Waals surface area contributed by atoms with Gasteiger partial charge in [0.25, 0.3) is 0 Å². The number of amides is 3. The van der Waals surface area contributed by atoms with E-state index in [-0.39, 0.29) is 19.0 Å². The van der Waals surface area contributed by atoms with Gasteiger partial charge in [-0.15, -0.1) is 11.6 Å². The summed E-state index contributed by atoms with van der Waals surface area (Å²) in [5.74, 6) is -1.51. The molecule has 0 saturated carbocycles. The van der Waals surface area contributed by atoms with Crippen molar-refractivity contribution >= 4 is 29.5 Å². The zero-order valence-electron chi connectivity index (χ0n) is 7.63. The third-order valence-corrected chi connectivity index (χ3v) is 1.32. The monoisotopic (exact) mass is 222 g/mol. The minimum Gasteiger partial charge on any atom is -0.465 e. The van der Waals surface area contributed by atoms with Crippen molar-refractivity contribution in [3.05, 3.63) is 0 Å². The third-order valence-electron chi connectivity index (χ3n) is 1.07. The smallest absolute Gasteiger partial charge is 0.325 e. The number of rotatable bonds is 4. The maximum Gasteiger partial charge on any atom is 0.325 e. The van der Waals surface area contributed by atoms with Crippen molar-refractivity contribution in [1.82, 2.24) is 10.6 Å². The molecule has 0 radical (unpaired) electrons.